The molecule has 138 valence electrons. The van der Waals surface area contributed by atoms with Gasteiger partial charge in [-0.15, -0.1) is 0 Å². The van der Waals surface area contributed by atoms with Gasteiger partial charge in [-0.05, 0) is 6.42 Å². The Morgan fingerprint density at radius 3 is 2.46 bits per heavy atom. The Morgan fingerprint density at radius 1 is 1.33 bits per heavy atom. The van der Waals surface area contributed by atoms with Gasteiger partial charge >= 0.3 is 11.9 Å². The lowest BCUT2D eigenvalue weighted by Gasteiger charge is -2.16. The number of carboxylic acid groups (broad SMARTS) is 1. The number of aliphatic carboxylic acids is 1. The number of rotatable bonds is 11. The van der Waals surface area contributed by atoms with E-state index in [2.05, 4.69) is 32.5 Å². The number of carbonyl (C=O) groups is 4. The van der Waals surface area contributed by atoms with E-state index in [0.29, 0.717) is 0 Å². The van der Waals surface area contributed by atoms with Gasteiger partial charge in [-0.1, -0.05) is 4.33 Å². The Labute approximate surface area is 144 Å². The fraction of sp³-hybridized carbons (Fsp3) is 0.600. The minimum Gasteiger partial charge on any atom is -0.747 e. The molecule has 0 rings (SSSR count). The highest BCUT2D eigenvalue weighted by molar-refractivity contribution is 7.80. The van der Waals surface area contributed by atoms with Crippen molar-refractivity contribution in [3.05, 3.63) is 0 Å². The van der Waals surface area contributed by atoms with E-state index in [1.54, 1.807) is 0 Å². The first-order valence-electron chi connectivity index (χ1n) is 6.30. The average Bonchev–Trinajstić information content (AvgIpc) is 2.52. The van der Waals surface area contributed by atoms with Crippen molar-refractivity contribution in [3.63, 3.8) is 0 Å². The predicted octanol–water partition coefficient (Wildman–Crippen LogP) is -3.02. The maximum atomic E-state index is 11.7. The molecule has 3 atom stereocenters. The summed E-state index contributed by atoms with van der Waals surface area (Å²) in [5.74, 6) is -3.93. The molecule has 0 fully saturated rings. The van der Waals surface area contributed by atoms with Crippen LogP contribution >= 0.6 is 12.6 Å². The van der Waals surface area contributed by atoms with Crippen molar-refractivity contribution in [2.45, 2.75) is 24.9 Å². The van der Waals surface area contributed by atoms with Crippen molar-refractivity contribution in [1.29, 1.82) is 0 Å². The number of carbonyl (C=O) groups excluding carboxylic acids is 3. The molecule has 24 heavy (non-hydrogen) atoms. The van der Waals surface area contributed by atoms with Crippen molar-refractivity contribution in [2.24, 2.45) is 5.73 Å². The van der Waals surface area contributed by atoms with Gasteiger partial charge in [0.25, 0.3) is 0 Å². The van der Waals surface area contributed by atoms with Crippen LogP contribution in [0.25, 0.3) is 0 Å². The molecule has 0 saturated carbocycles. The topological polar surface area (TPSA) is 197 Å². The highest BCUT2D eigenvalue weighted by Crippen LogP contribution is 2.00. The van der Waals surface area contributed by atoms with Crippen LogP contribution in [0.2, 0.25) is 0 Å². The molecule has 14 heteroatoms. The summed E-state index contributed by atoms with van der Waals surface area (Å²) in [7, 11) is 0. The Hall–Kier alpha value is -1.74. The first-order valence-corrected chi connectivity index (χ1v) is 7.94. The zero-order valence-corrected chi connectivity index (χ0v) is 13.8. The number of hydrogen-bond acceptors (Lipinski definition) is 10. The van der Waals surface area contributed by atoms with E-state index in [4.69, 9.17) is 10.8 Å². The van der Waals surface area contributed by atoms with Gasteiger partial charge in [0.1, 0.15) is 30.0 Å². The van der Waals surface area contributed by atoms with Crippen LogP contribution in [0.4, 0.5) is 0 Å². The van der Waals surface area contributed by atoms with E-state index < -0.39 is 53.7 Å². The van der Waals surface area contributed by atoms with Crippen LogP contribution in [-0.2, 0) is 39.8 Å². The normalized spacial score (nSPS) is 14.1. The van der Waals surface area contributed by atoms with Gasteiger partial charge in [-0.2, -0.15) is 12.6 Å². The number of nitrogens with one attached hydrogen (secondary N) is 2. The summed E-state index contributed by atoms with van der Waals surface area (Å²) >= 11 is 0.808. The summed E-state index contributed by atoms with van der Waals surface area (Å²) in [6.45, 7) is -0.614. The van der Waals surface area contributed by atoms with E-state index in [1.165, 1.54) is 0 Å². The lowest BCUT2D eigenvalue weighted by Crippen LogP contribution is -2.49. The second kappa shape index (κ2) is 11.7. The van der Waals surface area contributed by atoms with Crippen molar-refractivity contribution in [3.8, 4) is 0 Å². The van der Waals surface area contributed by atoms with Gasteiger partial charge in [0.2, 0.25) is 11.8 Å². The van der Waals surface area contributed by atoms with Crippen LogP contribution in [0, 0.1) is 0 Å². The van der Waals surface area contributed by atoms with Gasteiger partial charge in [0.05, 0.1) is 0 Å². The summed E-state index contributed by atoms with van der Waals surface area (Å²) in [5, 5.41) is 12.8. The van der Waals surface area contributed by atoms with Crippen LogP contribution in [0.1, 0.15) is 12.8 Å². The summed E-state index contributed by atoms with van der Waals surface area (Å²) in [6.07, 6.45) is -0.497. The Balaban J connectivity index is 4.25. The smallest absolute Gasteiger partial charge is 0.360 e. The van der Waals surface area contributed by atoms with Gasteiger partial charge in [0.15, 0.2) is 0 Å². The van der Waals surface area contributed by atoms with Crippen molar-refractivity contribution in [1.82, 2.24) is 10.6 Å². The first-order chi connectivity index (χ1) is 11.2. The molecule has 0 radical (unpaired) electrons. The Morgan fingerprint density at radius 2 is 1.96 bits per heavy atom. The molecule has 0 bridgehead atoms. The van der Waals surface area contributed by atoms with Gasteiger partial charge < -0.3 is 26.0 Å². The average molecular weight is 386 g/mol. The number of hydrogen-bond donors (Lipinski definition) is 5. The molecule has 0 heterocycles. The fourth-order valence-corrected chi connectivity index (χ4v) is 1.65. The van der Waals surface area contributed by atoms with Crippen LogP contribution in [0.3, 0.4) is 0 Å². The lowest BCUT2D eigenvalue weighted by atomic mass is 10.1. The molecule has 12 nitrogen and oxygen atoms in total. The molecule has 0 aromatic heterocycles. The third kappa shape index (κ3) is 10.1. The summed E-state index contributed by atoms with van der Waals surface area (Å²) in [5.41, 5.74) is 5.36. The van der Waals surface area contributed by atoms with E-state index in [-0.39, 0.29) is 18.6 Å². The molecule has 0 aliphatic rings. The highest BCUT2D eigenvalue weighted by atomic mass is 32.2. The molecule has 0 aliphatic carbocycles. The third-order valence-electron chi connectivity index (χ3n) is 2.40. The van der Waals surface area contributed by atoms with Crippen molar-refractivity contribution < 1.29 is 42.3 Å². The third-order valence-corrected chi connectivity index (χ3v) is 2.95. The molecule has 0 aromatic carbocycles. The molecule has 0 aliphatic heterocycles. The van der Waals surface area contributed by atoms with Crippen LogP contribution in [0.15, 0.2) is 0 Å². The summed E-state index contributed by atoms with van der Waals surface area (Å²) < 4.78 is 23.6. The lowest BCUT2D eigenvalue weighted by molar-refractivity contribution is -0.213. The molecule has 0 spiro atoms. The molecular weight excluding hydrogens is 370 g/mol. The highest BCUT2D eigenvalue weighted by Gasteiger charge is 2.22. The molecule has 0 saturated heterocycles. The van der Waals surface area contributed by atoms with Crippen molar-refractivity contribution in [2.75, 3.05) is 12.3 Å². The Bertz CT molecular complexity index is 502. The number of nitrogens with two attached hydrogens (primary N) is 1. The van der Waals surface area contributed by atoms with Crippen LogP contribution in [-0.4, -0.2) is 62.0 Å². The van der Waals surface area contributed by atoms with E-state index in [9.17, 15) is 27.9 Å². The quantitative estimate of drug-likeness (QED) is 0.105. The number of carboxylic acids is 1. The fourth-order valence-electron chi connectivity index (χ4n) is 1.27. The minimum atomic E-state index is -3.06. The van der Waals surface area contributed by atoms with E-state index in [0.717, 1.165) is 0 Å². The first kappa shape index (κ1) is 22.3. The zero-order chi connectivity index (χ0) is 18.7. The Kier molecular flexibility index (Phi) is 10.9. The minimum absolute atomic E-state index is 0.0888. The van der Waals surface area contributed by atoms with Gasteiger partial charge in [0, 0.05) is 12.2 Å². The summed E-state index contributed by atoms with van der Waals surface area (Å²) in [4.78, 5) is 48.7. The van der Waals surface area contributed by atoms with Crippen LogP contribution < -0.4 is 16.4 Å². The molecule has 2 amide bonds. The molecule has 3 unspecified atom stereocenters. The number of amides is 2. The predicted molar refractivity (Wildman–Crippen MR) is 79.7 cm³/mol. The van der Waals surface area contributed by atoms with Crippen LogP contribution in [0.5, 0.6) is 0 Å². The van der Waals surface area contributed by atoms with Gasteiger partial charge in [-0.3, -0.25) is 19.3 Å². The maximum Gasteiger partial charge on any atom is 0.360 e. The monoisotopic (exact) mass is 386 g/mol. The van der Waals surface area contributed by atoms with Crippen molar-refractivity contribution >= 4 is 47.7 Å². The largest absolute Gasteiger partial charge is 0.747 e. The van der Waals surface area contributed by atoms with E-state index in [1.807, 2.05) is 0 Å². The molecular formula is C10H16N3O9S2-. The second-order valence-electron chi connectivity index (χ2n) is 4.23. The molecule has 5 N–H and O–H groups in total. The van der Waals surface area contributed by atoms with Gasteiger partial charge in [-0.25, -0.2) is 9.00 Å². The molecule has 0 aromatic rings. The standard InChI is InChI=1S/C10H17N3O9S2/c11-5(10(18)21-22-24(19)20)1-2-7(14)13-6(4-23)9(17)12-3-8(15)16/h5-6,23H,1-4,11H2,(H,12,17)(H,13,14)(H,15,16)(H,19,20)/p-1. The SMILES string of the molecule is NC(CCC(=O)NC(CS)C(=O)NCC(=O)O)C(=O)OOS(=O)[O-]. The van der Waals surface area contributed by atoms with E-state index >= 15 is 0 Å². The second-order valence-corrected chi connectivity index (χ2v) is 5.14. The number of thiol groups is 1. The maximum absolute atomic E-state index is 11.7. The zero-order valence-electron chi connectivity index (χ0n) is 12.1. The summed E-state index contributed by atoms with van der Waals surface area (Å²) in [6, 6.07) is -2.40.